The third kappa shape index (κ3) is 4.82. The molecule has 0 saturated carbocycles. The van der Waals surface area contributed by atoms with Crippen LogP contribution < -0.4 is 0 Å². The van der Waals surface area contributed by atoms with Crippen LogP contribution in [0, 0.1) is 11.6 Å². The van der Waals surface area contributed by atoms with E-state index in [1.54, 1.807) is 10.5 Å². The van der Waals surface area contributed by atoms with Gasteiger partial charge in [-0.25, -0.2) is 8.78 Å². The fourth-order valence-corrected chi connectivity index (χ4v) is 5.50. The van der Waals surface area contributed by atoms with E-state index in [1.165, 1.54) is 22.5 Å². The average molecular weight is 424 g/mol. The van der Waals surface area contributed by atoms with Crippen molar-refractivity contribution in [2.24, 2.45) is 0 Å². The summed E-state index contributed by atoms with van der Waals surface area (Å²) in [5.74, 6) is -1.13. The Morgan fingerprint density at radius 2 is 1.83 bits per heavy atom. The van der Waals surface area contributed by atoms with Crippen LogP contribution in [0.3, 0.4) is 0 Å². The lowest BCUT2D eigenvalue weighted by Crippen LogP contribution is -2.47. The van der Waals surface area contributed by atoms with E-state index in [-0.39, 0.29) is 17.9 Å². The van der Waals surface area contributed by atoms with Crippen LogP contribution in [0.5, 0.6) is 0 Å². The first-order chi connectivity index (χ1) is 13.9. The fourth-order valence-electron chi connectivity index (χ4n) is 3.79. The zero-order chi connectivity index (χ0) is 21.0. The molecule has 0 bridgehead atoms. The number of pyridine rings is 1. The smallest absolute Gasteiger partial charge is 0.261 e. The quantitative estimate of drug-likeness (QED) is 0.682. The molecule has 1 atom stereocenters. The lowest BCUT2D eigenvalue weighted by molar-refractivity contribution is 0.285. The minimum absolute atomic E-state index is 0.00772. The Balaban J connectivity index is 1.73. The van der Waals surface area contributed by atoms with Gasteiger partial charge >= 0.3 is 0 Å². The lowest BCUT2D eigenvalue weighted by atomic mass is 9.95. The van der Waals surface area contributed by atoms with Gasteiger partial charge < -0.3 is 0 Å². The largest absolute Gasteiger partial charge is 0.281 e. The molecule has 1 aromatic carbocycles. The highest BCUT2D eigenvalue weighted by molar-refractivity contribution is 7.86. The SMILES string of the molecule is CCN(CC)S(=O)(=O)N1CCC[C@@H](c2ccc(Cc3c(F)cccc3F)cn2)C1. The number of halogens is 2. The van der Waals surface area contributed by atoms with Crippen LogP contribution in [-0.4, -0.2) is 48.2 Å². The van der Waals surface area contributed by atoms with Gasteiger partial charge in [0.1, 0.15) is 11.6 Å². The van der Waals surface area contributed by atoms with Crippen molar-refractivity contribution in [3.63, 3.8) is 0 Å². The Hall–Kier alpha value is -1.90. The second kappa shape index (κ2) is 9.28. The molecule has 5 nitrogen and oxygen atoms in total. The number of rotatable bonds is 7. The van der Waals surface area contributed by atoms with Crippen molar-refractivity contribution in [3.05, 3.63) is 65.0 Å². The molecule has 0 spiro atoms. The molecule has 1 aliphatic rings. The molecule has 158 valence electrons. The zero-order valence-electron chi connectivity index (χ0n) is 16.8. The summed E-state index contributed by atoms with van der Waals surface area (Å²) in [6.07, 6.45) is 3.38. The molecule has 29 heavy (non-hydrogen) atoms. The summed E-state index contributed by atoms with van der Waals surface area (Å²) in [7, 11) is -3.47. The third-order valence-corrected chi connectivity index (χ3v) is 7.60. The lowest BCUT2D eigenvalue weighted by Gasteiger charge is -2.34. The van der Waals surface area contributed by atoms with Gasteiger partial charge in [-0.3, -0.25) is 4.98 Å². The minimum Gasteiger partial charge on any atom is -0.261 e. The Labute approximate surface area is 171 Å². The monoisotopic (exact) mass is 423 g/mol. The summed E-state index contributed by atoms with van der Waals surface area (Å²) in [6.45, 7) is 5.47. The topological polar surface area (TPSA) is 53.5 Å². The number of hydrogen-bond acceptors (Lipinski definition) is 3. The zero-order valence-corrected chi connectivity index (χ0v) is 17.6. The summed E-state index contributed by atoms with van der Waals surface area (Å²) in [5.41, 5.74) is 1.54. The molecule has 0 aliphatic carbocycles. The fraction of sp³-hybridized carbons (Fsp3) is 0.476. The van der Waals surface area contributed by atoms with Gasteiger partial charge in [0.05, 0.1) is 0 Å². The van der Waals surface area contributed by atoms with Crippen molar-refractivity contribution in [2.75, 3.05) is 26.2 Å². The Bertz CT molecular complexity index is 911. The second-order valence-corrected chi connectivity index (χ2v) is 9.19. The maximum absolute atomic E-state index is 13.9. The maximum Gasteiger partial charge on any atom is 0.281 e. The van der Waals surface area contributed by atoms with Gasteiger partial charge in [-0.15, -0.1) is 0 Å². The van der Waals surface area contributed by atoms with Crippen molar-refractivity contribution < 1.29 is 17.2 Å². The van der Waals surface area contributed by atoms with E-state index in [9.17, 15) is 17.2 Å². The molecular formula is C21H27F2N3O2S. The van der Waals surface area contributed by atoms with E-state index in [1.807, 2.05) is 26.0 Å². The van der Waals surface area contributed by atoms with Gasteiger partial charge in [0.25, 0.3) is 10.2 Å². The van der Waals surface area contributed by atoms with Crippen LogP contribution in [0.2, 0.25) is 0 Å². The summed E-state index contributed by atoms with van der Waals surface area (Å²) < 4.78 is 56.3. The van der Waals surface area contributed by atoms with Crippen LogP contribution in [0.4, 0.5) is 8.78 Å². The van der Waals surface area contributed by atoms with Crippen molar-refractivity contribution in [2.45, 2.75) is 39.0 Å². The van der Waals surface area contributed by atoms with Crippen LogP contribution in [-0.2, 0) is 16.6 Å². The molecule has 0 amide bonds. The van der Waals surface area contributed by atoms with E-state index >= 15 is 0 Å². The van der Waals surface area contributed by atoms with E-state index in [2.05, 4.69) is 4.98 Å². The first-order valence-electron chi connectivity index (χ1n) is 9.99. The van der Waals surface area contributed by atoms with Gasteiger partial charge in [-0.1, -0.05) is 26.0 Å². The molecule has 3 rings (SSSR count). The second-order valence-electron chi connectivity index (χ2n) is 7.26. The molecule has 0 unspecified atom stereocenters. The molecule has 1 saturated heterocycles. The number of aromatic nitrogens is 1. The number of nitrogens with zero attached hydrogens (tertiary/aromatic N) is 3. The van der Waals surface area contributed by atoms with E-state index in [4.69, 9.17) is 0 Å². The summed E-state index contributed by atoms with van der Waals surface area (Å²) in [5, 5.41) is 0. The van der Waals surface area contributed by atoms with Crippen LogP contribution in [0.25, 0.3) is 0 Å². The number of benzene rings is 1. The molecule has 2 aromatic rings. The van der Waals surface area contributed by atoms with Gasteiger partial charge in [0.15, 0.2) is 0 Å². The van der Waals surface area contributed by atoms with Gasteiger partial charge in [0, 0.05) is 56.0 Å². The molecule has 1 aromatic heterocycles. The van der Waals surface area contributed by atoms with E-state index in [0.29, 0.717) is 31.7 Å². The third-order valence-electron chi connectivity index (χ3n) is 5.45. The minimum atomic E-state index is -3.47. The van der Waals surface area contributed by atoms with E-state index < -0.39 is 21.8 Å². The Kier molecular flexibility index (Phi) is 6.97. The van der Waals surface area contributed by atoms with Crippen molar-refractivity contribution in [1.29, 1.82) is 0 Å². The molecule has 1 aliphatic heterocycles. The van der Waals surface area contributed by atoms with Crippen molar-refractivity contribution in [1.82, 2.24) is 13.6 Å². The number of hydrogen-bond donors (Lipinski definition) is 0. The first kappa shape index (κ1) is 21.8. The predicted molar refractivity (Wildman–Crippen MR) is 109 cm³/mol. The van der Waals surface area contributed by atoms with Crippen LogP contribution in [0.1, 0.15) is 49.4 Å². The number of piperidine rings is 1. The predicted octanol–water partition coefficient (Wildman–Crippen LogP) is 3.72. The van der Waals surface area contributed by atoms with Gasteiger partial charge in [-0.05, 0) is 36.6 Å². The van der Waals surface area contributed by atoms with Gasteiger partial charge in [0.2, 0.25) is 0 Å². The first-order valence-corrected chi connectivity index (χ1v) is 11.4. The van der Waals surface area contributed by atoms with Crippen LogP contribution in [0.15, 0.2) is 36.5 Å². The highest BCUT2D eigenvalue weighted by atomic mass is 32.2. The van der Waals surface area contributed by atoms with Crippen molar-refractivity contribution in [3.8, 4) is 0 Å². The standard InChI is InChI=1S/C21H27F2N3O2S/c1-3-25(4-2)29(27,28)26-12-6-7-17(15-26)21-11-10-16(14-24-21)13-18-19(22)8-5-9-20(18)23/h5,8-11,14,17H,3-4,6-7,12-13,15H2,1-2H3/t17-/m1/s1. The highest BCUT2D eigenvalue weighted by Gasteiger charge is 2.33. The molecule has 8 heteroatoms. The van der Waals surface area contributed by atoms with Gasteiger partial charge in [-0.2, -0.15) is 17.0 Å². The Morgan fingerprint density at radius 1 is 1.14 bits per heavy atom. The summed E-state index contributed by atoms with van der Waals surface area (Å²) in [4.78, 5) is 4.48. The average Bonchev–Trinajstić information content (AvgIpc) is 2.72. The Morgan fingerprint density at radius 3 is 2.41 bits per heavy atom. The maximum atomic E-state index is 13.9. The molecular weight excluding hydrogens is 396 g/mol. The molecule has 1 fully saturated rings. The molecule has 0 radical (unpaired) electrons. The summed E-state index contributed by atoms with van der Waals surface area (Å²) in [6, 6.07) is 7.48. The highest BCUT2D eigenvalue weighted by Crippen LogP contribution is 2.28. The van der Waals surface area contributed by atoms with E-state index in [0.717, 1.165) is 18.5 Å². The van der Waals surface area contributed by atoms with Crippen molar-refractivity contribution >= 4 is 10.2 Å². The molecule has 2 heterocycles. The molecule has 0 N–H and O–H groups in total. The van der Waals surface area contributed by atoms with Crippen LogP contribution >= 0.6 is 0 Å². The summed E-state index contributed by atoms with van der Waals surface area (Å²) >= 11 is 0. The normalized spacial score (nSPS) is 18.3.